The number of carbonyl (C=O) groups is 3. The number of hydrogen-bond acceptors (Lipinski definition) is 4. The van der Waals surface area contributed by atoms with Crippen molar-refractivity contribution in [2.45, 2.75) is 84.5 Å². The van der Waals surface area contributed by atoms with Gasteiger partial charge in [-0.25, -0.2) is 0 Å². The Morgan fingerprint density at radius 2 is 1.15 bits per heavy atom. The minimum atomic E-state index is -0.439. The predicted octanol–water partition coefficient (Wildman–Crippen LogP) is 3.96. The summed E-state index contributed by atoms with van der Waals surface area (Å²) >= 11 is 0. The molecule has 0 aliphatic rings. The van der Waals surface area contributed by atoms with Gasteiger partial charge in [0.25, 0.3) is 0 Å². The molecule has 0 aromatic carbocycles. The van der Waals surface area contributed by atoms with Crippen LogP contribution in [0.25, 0.3) is 0 Å². The fourth-order valence-corrected chi connectivity index (χ4v) is 1.92. The zero-order valence-electron chi connectivity index (χ0n) is 12.9. The topological polar surface area (TPSA) is 60.4 Å². The monoisotopic (exact) mass is 284 g/mol. The van der Waals surface area contributed by atoms with E-state index in [1.54, 1.807) is 6.92 Å². The summed E-state index contributed by atoms with van der Waals surface area (Å²) in [6.45, 7) is 3.71. The summed E-state index contributed by atoms with van der Waals surface area (Å²) in [5, 5.41) is 0. The summed E-state index contributed by atoms with van der Waals surface area (Å²) < 4.78 is 4.74. The highest BCUT2D eigenvalue weighted by Crippen LogP contribution is 2.08. The molecule has 0 atom stereocenters. The molecule has 0 aromatic heterocycles. The molecular weight excluding hydrogens is 256 g/mol. The van der Waals surface area contributed by atoms with Crippen molar-refractivity contribution in [1.29, 1.82) is 0 Å². The van der Waals surface area contributed by atoms with Crippen molar-refractivity contribution in [2.75, 3.05) is 0 Å². The Bertz CT molecular complexity index is 297. The SMILES string of the molecule is CCCCCCCC(=O)OC(=O)CCCCCC(C)=O. The Morgan fingerprint density at radius 3 is 1.65 bits per heavy atom. The summed E-state index contributed by atoms with van der Waals surface area (Å²) in [5.74, 6) is -0.674. The molecule has 0 fully saturated rings. The van der Waals surface area contributed by atoms with E-state index in [9.17, 15) is 14.4 Å². The Morgan fingerprint density at radius 1 is 0.700 bits per heavy atom. The second kappa shape index (κ2) is 12.8. The average molecular weight is 284 g/mol. The number of carbonyl (C=O) groups excluding carboxylic acids is 3. The van der Waals surface area contributed by atoms with E-state index in [1.807, 2.05) is 0 Å². The minimum absolute atomic E-state index is 0.172. The third kappa shape index (κ3) is 13.2. The summed E-state index contributed by atoms with van der Waals surface area (Å²) in [6.07, 6.45) is 8.76. The lowest BCUT2D eigenvalue weighted by molar-refractivity contribution is -0.159. The molecule has 0 rings (SSSR count). The van der Waals surface area contributed by atoms with Gasteiger partial charge in [-0.2, -0.15) is 0 Å². The summed E-state index contributed by atoms with van der Waals surface area (Å²) in [7, 11) is 0. The quantitative estimate of drug-likeness (QED) is 0.309. The van der Waals surface area contributed by atoms with Gasteiger partial charge in [0.15, 0.2) is 0 Å². The number of hydrogen-bond donors (Lipinski definition) is 0. The van der Waals surface area contributed by atoms with Crippen molar-refractivity contribution >= 4 is 17.7 Å². The lowest BCUT2D eigenvalue weighted by Gasteiger charge is -2.03. The van der Waals surface area contributed by atoms with Gasteiger partial charge in [-0.05, 0) is 26.2 Å². The summed E-state index contributed by atoms with van der Waals surface area (Å²) in [4.78, 5) is 33.5. The highest BCUT2D eigenvalue weighted by atomic mass is 16.6. The number of unbranched alkanes of at least 4 members (excludes halogenated alkanes) is 6. The first kappa shape index (κ1) is 18.8. The first-order valence-electron chi connectivity index (χ1n) is 7.79. The molecule has 0 aliphatic carbocycles. The largest absolute Gasteiger partial charge is 0.393 e. The van der Waals surface area contributed by atoms with Crippen molar-refractivity contribution in [1.82, 2.24) is 0 Å². The van der Waals surface area contributed by atoms with E-state index in [-0.39, 0.29) is 12.2 Å². The van der Waals surface area contributed by atoms with Crippen molar-refractivity contribution in [3.8, 4) is 0 Å². The van der Waals surface area contributed by atoms with Gasteiger partial charge in [0.05, 0.1) is 0 Å². The van der Waals surface area contributed by atoms with Gasteiger partial charge in [-0.1, -0.05) is 39.0 Å². The molecule has 0 saturated heterocycles. The minimum Gasteiger partial charge on any atom is -0.393 e. The Hall–Kier alpha value is -1.19. The van der Waals surface area contributed by atoms with Crippen LogP contribution < -0.4 is 0 Å². The Kier molecular flexibility index (Phi) is 12.1. The molecule has 4 nitrogen and oxygen atoms in total. The van der Waals surface area contributed by atoms with Gasteiger partial charge >= 0.3 is 11.9 Å². The van der Waals surface area contributed by atoms with Gasteiger partial charge in [0.2, 0.25) is 0 Å². The first-order chi connectivity index (χ1) is 9.56. The van der Waals surface area contributed by atoms with Crippen LogP contribution in [0.1, 0.15) is 84.5 Å². The fraction of sp³-hybridized carbons (Fsp3) is 0.812. The standard InChI is InChI=1S/C16H28O4/c1-3-4-5-6-9-12-15(18)20-16(19)13-10-7-8-11-14(2)17/h3-13H2,1-2H3. The van der Waals surface area contributed by atoms with Crippen molar-refractivity contribution in [3.05, 3.63) is 0 Å². The fourth-order valence-electron chi connectivity index (χ4n) is 1.92. The highest BCUT2D eigenvalue weighted by molar-refractivity contribution is 5.85. The van der Waals surface area contributed by atoms with E-state index in [0.29, 0.717) is 19.3 Å². The van der Waals surface area contributed by atoms with Gasteiger partial charge < -0.3 is 9.53 Å². The zero-order valence-corrected chi connectivity index (χ0v) is 12.9. The van der Waals surface area contributed by atoms with Crippen LogP contribution in [0.2, 0.25) is 0 Å². The molecule has 0 saturated carbocycles. The molecule has 0 spiro atoms. The van der Waals surface area contributed by atoms with Crippen LogP contribution in [0.3, 0.4) is 0 Å². The molecule has 0 N–H and O–H groups in total. The number of ketones is 1. The maximum absolute atomic E-state index is 11.4. The van der Waals surface area contributed by atoms with Crippen LogP contribution in [-0.4, -0.2) is 17.7 Å². The van der Waals surface area contributed by atoms with Gasteiger partial charge in [0.1, 0.15) is 5.78 Å². The third-order valence-corrected chi connectivity index (χ3v) is 3.12. The zero-order chi connectivity index (χ0) is 15.2. The van der Waals surface area contributed by atoms with E-state index in [4.69, 9.17) is 4.74 Å². The molecule has 116 valence electrons. The third-order valence-electron chi connectivity index (χ3n) is 3.12. The number of esters is 2. The van der Waals surface area contributed by atoms with Crippen LogP contribution >= 0.6 is 0 Å². The number of ether oxygens (including phenoxy) is 1. The van der Waals surface area contributed by atoms with Crippen LogP contribution in [0.4, 0.5) is 0 Å². The van der Waals surface area contributed by atoms with Crippen molar-refractivity contribution in [3.63, 3.8) is 0 Å². The predicted molar refractivity (Wildman–Crippen MR) is 78.2 cm³/mol. The molecule has 20 heavy (non-hydrogen) atoms. The van der Waals surface area contributed by atoms with Crippen molar-refractivity contribution in [2.24, 2.45) is 0 Å². The van der Waals surface area contributed by atoms with E-state index in [2.05, 4.69) is 6.92 Å². The molecule has 0 radical (unpaired) electrons. The van der Waals surface area contributed by atoms with E-state index < -0.39 is 11.9 Å². The second-order valence-electron chi connectivity index (χ2n) is 5.27. The Balaban J connectivity index is 3.45. The molecule has 4 heteroatoms. The van der Waals surface area contributed by atoms with Gasteiger partial charge in [0, 0.05) is 19.3 Å². The van der Waals surface area contributed by atoms with Crippen LogP contribution in [0.5, 0.6) is 0 Å². The van der Waals surface area contributed by atoms with Crippen LogP contribution in [0.15, 0.2) is 0 Å². The van der Waals surface area contributed by atoms with Gasteiger partial charge in [-0.3, -0.25) is 9.59 Å². The van der Waals surface area contributed by atoms with Gasteiger partial charge in [-0.15, -0.1) is 0 Å². The average Bonchev–Trinajstić information content (AvgIpc) is 2.37. The lowest BCUT2D eigenvalue weighted by Crippen LogP contribution is -2.11. The normalized spacial score (nSPS) is 10.3. The molecule has 0 amide bonds. The molecular formula is C16H28O4. The van der Waals surface area contributed by atoms with Crippen molar-refractivity contribution < 1.29 is 19.1 Å². The maximum atomic E-state index is 11.4. The summed E-state index contributed by atoms with van der Waals surface area (Å²) in [6, 6.07) is 0. The molecule has 0 unspecified atom stereocenters. The smallest absolute Gasteiger partial charge is 0.313 e. The molecule has 0 heterocycles. The number of Topliss-reactive ketones (excluding diaryl/α,β-unsaturated/α-hetero) is 1. The molecule has 0 bridgehead atoms. The summed E-state index contributed by atoms with van der Waals surface area (Å²) in [5.41, 5.74) is 0. The van der Waals surface area contributed by atoms with E-state index in [1.165, 1.54) is 12.8 Å². The Labute approximate surface area is 122 Å². The second-order valence-corrected chi connectivity index (χ2v) is 5.27. The van der Waals surface area contributed by atoms with E-state index in [0.717, 1.165) is 32.1 Å². The lowest BCUT2D eigenvalue weighted by atomic mass is 10.1. The van der Waals surface area contributed by atoms with Crippen LogP contribution in [-0.2, 0) is 19.1 Å². The number of rotatable bonds is 12. The van der Waals surface area contributed by atoms with E-state index >= 15 is 0 Å². The molecule has 0 aliphatic heterocycles. The highest BCUT2D eigenvalue weighted by Gasteiger charge is 2.09. The van der Waals surface area contributed by atoms with Crippen LogP contribution in [0, 0.1) is 0 Å². The maximum Gasteiger partial charge on any atom is 0.313 e. The first-order valence-corrected chi connectivity index (χ1v) is 7.79. The molecule has 0 aromatic rings.